The Labute approximate surface area is 291 Å². The van der Waals surface area contributed by atoms with Gasteiger partial charge < -0.3 is 28.4 Å². The van der Waals surface area contributed by atoms with E-state index in [0.29, 0.717) is 59.0 Å². The molecule has 0 aromatic rings. The summed E-state index contributed by atoms with van der Waals surface area (Å²) in [5.74, 6) is 1.05. The van der Waals surface area contributed by atoms with Crippen molar-refractivity contribution in [3.63, 3.8) is 0 Å². The third-order valence-electron chi connectivity index (χ3n) is 7.60. The standard InChI is InChI=1S/C40H64O8/c1-14-16-18-20-22-38(41)47-36(25-43-32(8)29(3)4)27-45-34(10)31(7)24-40(12,13)35(11)46-28-37(26-44-33(9)30(5)6)48-39(42)23-21-19-17-15-2/h36-37H,3,5,7-11,14-28H2,1-2,4,6,12-13H3. The molecule has 0 aromatic carbocycles. The molecule has 2 unspecified atom stereocenters. The van der Waals surface area contributed by atoms with Crippen molar-refractivity contribution in [2.45, 2.75) is 124 Å². The van der Waals surface area contributed by atoms with E-state index in [1.54, 1.807) is 13.8 Å². The number of esters is 2. The van der Waals surface area contributed by atoms with E-state index < -0.39 is 17.6 Å². The van der Waals surface area contributed by atoms with Crippen molar-refractivity contribution in [2.75, 3.05) is 26.4 Å². The molecule has 0 aliphatic carbocycles. The maximum atomic E-state index is 12.5. The number of carbonyl (C=O) groups is 2. The fourth-order valence-electron chi connectivity index (χ4n) is 4.16. The predicted octanol–water partition coefficient (Wildman–Crippen LogP) is 10.00. The molecule has 0 aromatic heterocycles. The third kappa shape index (κ3) is 20.5. The van der Waals surface area contributed by atoms with Crippen LogP contribution in [0.4, 0.5) is 0 Å². The Morgan fingerprint density at radius 2 is 0.938 bits per heavy atom. The fraction of sp³-hybridized carbons (Fsp3) is 0.600. The lowest BCUT2D eigenvalue weighted by molar-refractivity contribution is -0.155. The molecule has 0 amide bonds. The van der Waals surface area contributed by atoms with Gasteiger partial charge in [0.15, 0.2) is 12.2 Å². The molecule has 272 valence electrons. The van der Waals surface area contributed by atoms with Gasteiger partial charge in [0.05, 0.1) is 5.76 Å². The van der Waals surface area contributed by atoms with Crippen LogP contribution in [0.3, 0.4) is 0 Å². The average Bonchev–Trinajstić information content (AvgIpc) is 3.02. The van der Waals surface area contributed by atoms with E-state index >= 15 is 0 Å². The number of hydrogen-bond acceptors (Lipinski definition) is 8. The molecule has 0 radical (unpaired) electrons. The van der Waals surface area contributed by atoms with Gasteiger partial charge >= 0.3 is 11.9 Å². The van der Waals surface area contributed by atoms with Crippen molar-refractivity contribution in [3.05, 3.63) is 85.8 Å². The molecule has 8 nitrogen and oxygen atoms in total. The monoisotopic (exact) mass is 672 g/mol. The summed E-state index contributed by atoms with van der Waals surface area (Å²) < 4.78 is 34.7. The molecule has 0 fully saturated rings. The van der Waals surface area contributed by atoms with Crippen LogP contribution in [0.25, 0.3) is 0 Å². The predicted molar refractivity (Wildman–Crippen MR) is 195 cm³/mol. The maximum Gasteiger partial charge on any atom is 0.306 e. The van der Waals surface area contributed by atoms with Crippen LogP contribution in [0.15, 0.2) is 85.8 Å². The Bertz CT molecular complexity index is 1110. The lowest BCUT2D eigenvalue weighted by Gasteiger charge is -2.30. The fourth-order valence-corrected chi connectivity index (χ4v) is 4.16. The second-order valence-electron chi connectivity index (χ2n) is 13.0. The van der Waals surface area contributed by atoms with Gasteiger partial charge in [-0.2, -0.15) is 0 Å². The van der Waals surface area contributed by atoms with Crippen molar-refractivity contribution in [1.29, 1.82) is 0 Å². The first-order chi connectivity index (χ1) is 22.5. The average molecular weight is 673 g/mol. The summed E-state index contributed by atoms with van der Waals surface area (Å²) in [5.41, 5.74) is 1.41. The molecule has 0 spiro atoms. The van der Waals surface area contributed by atoms with Crippen LogP contribution in [0.2, 0.25) is 0 Å². The Morgan fingerprint density at radius 3 is 1.31 bits per heavy atom. The Balaban J connectivity index is 5.23. The Kier molecular flexibility index (Phi) is 22.6. The van der Waals surface area contributed by atoms with Gasteiger partial charge in [-0.1, -0.05) is 112 Å². The zero-order chi connectivity index (χ0) is 36.7. The molecule has 0 bridgehead atoms. The summed E-state index contributed by atoms with van der Waals surface area (Å²) in [6.07, 6.45) is 7.55. The van der Waals surface area contributed by atoms with Crippen molar-refractivity contribution >= 4 is 11.9 Å². The van der Waals surface area contributed by atoms with Crippen molar-refractivity contribution in [2.24, 2.45) is 5.41 Å². The lowest BCUT2D eigenvalue weighted by Crippen LogP contribution is -2.30. The summed E-state index contributed by atoms with van der Waals surface area (Å²) in [5, 5.41) is 0. The molecule has 8 heteroatoms. The number of carbonyl (C=O) groups excluding carboxylic acids is 2. The second kappa shape index (κ2) is 24.5. The van der Waals surface area contributed by atoms with E-state index in [1.807, 2.05) is 13.8 Å². The van der Waals surface area contributed by atoms with Crippen LogP contribution in [0.5, 0.6) is 0 Å². The van der Waals surface area contributed by atoms with E-state index in [2.05, 4.69) is 59.9 Å². The van der Waals surface area contributed by atoms with Gasteiger partial charge in [0.1, 0.15) is 43.7 Å². The van der Waals surface area contributed by atoms with E-state index in [9.17, 15) is 9.59 Å². The van der Waals surface area contributed by atoms with Crippen LogP contribution >= 0.6 is 0 Å². The lowest BCUT2D eigenvalue weighted by atomic mass is 9.84. The van der Waals surface area contributed by atoms with Gasteiger partial charge in [-0.15, -0.1) is 0 Å². The van der Waals surface area contributed by atoms with E-state index in [1.165, 1.54) is 0 Å². The molecular formula is C40H64O8. The molecule has 2 atom stereocenters. The van der Waals surface area contributed by atoms with Gasteiger partial charge in [-0.3, -0.25) is 9.59 Å². The van der Waals surface area contributed by atoms with Crippen LogP contribution < -0.4 is 0 Å². The number of unbranched alkanes of at least 4 members (excludes halogenated alkanes) is 6. The van der Waals surface area contributed by atoms with Crippen molar-refractivity contribution in [3.8, 4) is 0 Å². The highest BCUT2D eigenvalue weighted by molar-refractivity contribution is 5.69. The van der Waals surface area contributed by atoms with Crippen molar-refractivity contribution in [1.82, 2.24) is 0 Å². The number of allylic oxidation sites excluding steroid dienone is 4. The van der Waals surface area contributed by atoms with Crippen LogP contribution in [0.1, 0.15) is 112 Å². The summed E-state index contributed by atoms with van der Waals surface area (Å²) in [6.45, 7) is 39.7. The van der Waals surface area contributed by atoms with Crippen LogP contribution in [-0.2, 0) is 38.0 Å². The highest BCUT2D eigenvalue weighted by atomic mass is 16.6. The Hall–Kier alpha value is -3.68. The molecule has 0 rings (SSSR count). The molecule has 48 heavy (non-hydrogen) atoms. The zero-order valence-electron chi connectivity index (χ0n) is 31.0. The molecule has 0 saturated heterocycles. The quantitative estimate of drug-likeness (QED) is 0.0322. The first-order valence-corrected chi connectivity index (χ1v) is 17.2. The normalized spacial score (nSPS) is 12.1. The number of ether oxygens (including phenoxy) is 6. The van der Waals surface area contributed by atoms with Gasteiger partial charge in [0.25, 0.3) is 0 Å². The van der Waals surface area contributed by atoms with E-state index in [4.69, 9.17) is 28.4 Å². The second-order valence-corrected chi connectivity index (χ2v) is 13.0. The first-order valence-electron chi connectivity index (χ1n) is 17.2. The minimum absolute atomic E-state index is 0.0286. The third-order valence-corrected chi connectivity index (χ3v) is 7.60. The summed E-state index contributed by atoms with van der Waals surface area (Å²) >= 11 is 0. The van der Waals surface area contributed by atoms with Crippen molar-refractivity contribution < 1.29 is 38.0 Å². The summed E-state index contributed by atoms with van der Waals surface area (Å²) in [6, 6.07) is 0. The topological polar surface area (TPSA) is 89.5 Å². The summed E-state index contributed by atoms with van der Waals surface area (Å²) in [7, 11) is 0. The largest absolute Gasteiger partial charge is 0.494 e. The maximum absolute atomic E-state index is 12.5. The molecular weight excluding hydrogens is 608 g/mol. The molecule has 0 heterocycles. The Morgan fingerprint density at radius 1 is 0.562 bits per heavy atom. The van der Waals surface area contributed by atoms with Crippen LogP contribution in [-0.4, -0.2) is 50.6 Å². The highest BCUT2D eigenvalue weighted by Crippen LogP contribution is 2.35. The molecule has 0 aliphatic heterocycles. The molecule has 0 aliphatic rings. The molecule has 0 N–H and O–H groups in total. The smallest absolute Gasteiger partial charge is 0.306 e. The van der Waals surface area contributed by atoms with E-state index in [0.717, 1.165) is 51.4 Å². The van der Waals surface area contributed by atoms with Gasteiger partial charge in [-0.05, 0) is 49.8 Å². The first kappa shape index (κ1) is 44.3. The van der Waals surface area contributed by atoms with Gasteiger partial charge in [0, 0.05) is 18.3 Å². The van der Waals surface area contributed by atoms with Gasteiger partial charge in [0.2, 0.25) is 0 Å². The number of hydrogen-bond donors (Lipinski definition) is 0. The summed E-state index contributed by atoms with van der Waals surface area (Å²) in [4.78, 5) is 25.0. The minimum atomic E-state index is -0.676. The highest BCUT2D eigenvalue weighted by Gasteiger charge is 2.28. The number of rotatable bonds is 30. The van der Waals surface area contributed by atoms with Gasteiger partial charge in [-0.25, -0.2) is 0 Å². The SMILES string of the molecule is C=C(C)C(=C)OCC(COC(=C)C(=C)CC(C)(C)C(=C)OCC(COC(=C)C(=C)C)OC(=O)CCCCCC)OC(=O)CCCCCC. The van der Waals surface area contributed by atoms with E-state index in [-0.39, 0.29) is 38.4 Å². The molecule has 0 saturated carbocycles. The van der Waals surface area contributed by atoms with Crippen LogP contribution in [0, 0.1) is 5.41 Å². The zero-order valence-corrected chi connectivity index (χ0v) is 31.0. The minimum Gasteiger partial charge on any atom is -0.494 e.